The summed E-state index contributed by atoms with van der Waals surface area (Å²) in [6, 6.07) is 5.03. The minimum atomic E-state index is -0.947. The van der Waals surface area contributed by atoms with Gasteiger partial charge in [-0.25, -0.2) is 0 Å². The van der Waals surface area contributed by atoms with E-state index >= 15 is 0 Å². The van der Waals surface area contributed by atoms with Gasteiger partial charge in [0.25, 0.3) is 0 Å². The van der Waals surface area contributed by atoms with Crippen LogP contribution in [0.1, 0.15) is 44.3 Å². The molecule has 1 saturated carbocycles. The summed E-state index contributed by atoms with van der Waals surface area (Å²) in [6.07, 6.45) is 2.72. The quantitative estimate of drug-likeness (QED) is 0.785. The van der Waals surface area contributed by atoms with Crippen molar-refractivity contribution >= 4 is 29.1 Å². The van der Waals surface area contributed by atoms with Gasteiger partial charge in [-0.1, -0.05) is 42.1 Å². The van der Waals surface area contributed by atoms with Gasteiger partial charge in [-0.15, -0.1) is 0 Å². The van der Waals surface area contributed by atoms with E-state index in [0.717, 1.165) is 25.7 Å². The monoisotopic (exact) mass is 344 g/mol. The Hall–Kier alpha value is -0.810. The summed E-state index contributed by atoms with van der Waals surface area (Å²) in [5.74, 6) is -0.345. The zero-order valence-corrected chi connectivity index (χ0v) is 14.1. The Balaban J connectivity index is 1.99. The van der Waals surface area contributed by atoms with E-state index < -0.39 is 11.6 Å². The number of hydrogen-bond donors (Lipinski definition) is 3. The molecular weight excluding hydrogens is 323 g/mol. The van der Waals surface area contributed by atoms with Crippen molar-refractivity contribution in [3.63, 3.8) is 0 Å². The van der Waals surface area contributed by atoms with E-state index in [0.29, 0.717) is 15.6 Å². The normalized spacial score (nSPS) is 26.5. The van der Waals surface area contributed by atoms with Crippen molar-refractivity contribution < 1.29 is 9.90 Å². The number of benzene rings is 1. The minimum Gasteiger partial charge on any atom is -0.386 e. The molecule has 0 bridgehead atoms. The van der Waals surface area contributed by atoms with Gasteiger partial charge in [0.2, 0.25) is 5.91 Å². The molecule has 1 amide bonds. The number of aliphatic hydroxyl groups excluding tert-OH is 1. The van der Waals surface area contributed by atoms with Crippen molar-refractivity contribution in [3.05, 3.63) is 33.8 Å². The van der Waals surface area contributed by atoms with Crippen molar-refractivity contribution in [1.82, 2.24) is 5.32 Å². The third kappa shape index (κ3) is 3.93. The number of carbonyl (C=O) groups excluding carboxylic acids is 1. The van der Waals surface area contributed by atoms with Gasteiger partial charge in [-0.2, -0.15) is 0 Å². The lowest BCUT2D eigenvalue weighted by Gasteiger charge is -2.37. The SMILES string of the molecule is CC1(N)CCCCC1C(=O)NCC(O)c1c(Cl)cccc1Cl. The average molecular weight is 345 g/mol. The molecule has 0 aromatic heterocycles. The van der Waals surface area contributed by atoms with Gasteiger partial charge in [0.05, 0.1) is 12.0 Å². The zero-order chi connectivity index (χ0) is 16.3. The van der Waals surface area contributed by atoms with Crippen LogP contribution in [0.25, 0.3) is 0 Å². The van der Waals surface area contributed by atoms with Gasteiger partial charge in [0.15, 0.2) is 0 Å². The molecule has 2 rings (SSSR count). The number of amides is 1. The lowest BCUT2D eigenvalue weighted by atomic mass is 9.74. The molecule has 1 aromatic carbocycles. The highest BCUT2D eigenvalue weighted by Crippen LogP contribution is 2.32. The molecule has 122 valence electrons. The second kappa shape index (κ2) is 7.18. The lowest BCUT2D eigenvalue weighted by Crippen LogP contribution is -2.53. The third-order valence-electron chi connectivity index (χ3n) is 4.37. The number of aliphatic hydroxyl groups is 1. The molecule has 0 aliphatic heterocycles. The maximum Gasteiger partial charge on any atom is 0.225 e. The Labute approximate surface area is 141 Å². The molecule has 3 atom stereocenters. The van der Waals surface area contributed by atoms with Crippen LogP contribution < -0.4 is 11.1 Å². The maximum absolute atomic E-state index is 12.4. The molecule has 1 aromatic rings. The third-order valence-corrected chi connectivity index (χ3v) is 5.03. The minimum absolute atomic E-state index is 0.0644. The van der Waals surface area contributed by atoms with Crippen molar-refractivity contribution in [1.29, 1.82) is 0 Å². The van der Waals surface area contributed by atoms with Crippen LogP contribution >= 0.6 is 23.2 Å². The highest BCUT2D eigenvalue weighted by molar-refractivity contribution is 6.36. The van der Waals surface area contributed by atoms with Crippen LogP contribution in [0.2, 0.25) is 10.0 Å². The molecule has 0 saturated heterocycles. The van der Waals surface area contributed by atoms with E-state index in [-0.39, 0.29) is 18.4 Å². The summed E-state index contributed by atoms with van der Waals surface area (Å²) in [5, 5.41) is 13.8. The maximum atomic E-state index is 12.4. The fourth-order valence-corrected chi connectivity index (χ4v) is 3.69. The van der Waals surface area contributed by atoms with Crippen LogP contribution in [-0.2, 0) is 4.79 Å². The molecule has 3 unspecified atom stereocenters. The molecule has 4 N–H and O–H groups in total. The molecule has 0 heterocycles. The summed E-state index contributed by atoms with van der Waals surface area (Å²) in [6.45, 7) is 1.98. The fourth-order valence-electron chi connectivity index (χ4n) is 3.04. The summed E-state index contributed by atoms with van der Waals surface area (Å²) in [5.41, 5.74) is 6.17. The zero-order valence-electron chi connectivity index (χ0n) is 12.6. The summed E-state index contributed by atoms with van der Waals surface area (Å²) >= 11 is 12.1. The Bertz CT molecular complexity index is 529. The molecule has 22 heavy (non-hydrogen) atoms. The molecule has 4 nitrogen and oxygen atoms in total. The number of hydrogen-bond acceptors (Lipinski definition) is 3. The second-order valence-electron chi connectivity index (χ2n) is 6.20. The van der Waals surface area contributed by atoms with Gasteiger partial charge in [-0.05, 0) is 31.9 Å². The van der Waals surface area contributed by atoms with Crippen molar-refractivity contribution in [3.8, 4) is 0 Å². The van der Waals surface area contributed by atoms with E-state index in [9.17, 15) is 9.90 Å². The second-order valence-corrected chi connectivity index (χ2v) is 7.01. The van der Waals surface area contributed by atoms with Gasteiger partial charge in [0, 0.05) is 27.7 Å². The Morgan fingerprint density at radius 3 is 2.68 bits per heavy atom. The van der Waals surface area contributed by atoms with Gasteiger partial charge >= 0.3 is 0 Å². The summed E-state index contributed by atoms with van der Waals surface area (Å²) < 4.78 is 0. The molecule has 1 fully saturated rings. The molecular formula is C16H22Cl2N2O2. The summed E-state index contributed by atoms with van der Waals surface area (Å²) in [4.78, 5) is 12.4. The number of halogens is 2. The lowest BCUT2D eigenvalue weighted by molar-refractivity contribution is -0.128. The van der Waals surface area contributed by atoms with Gasteiger partial charge < -0.3 is 16.2 Å². The number of nitrogens with one attached hydrogen (secondary N) is 1. The van der Waals surface area contributed by atoms with E-state index in [1.165, 1.54) is 0 Å². The molecule has 1 aliphatic rings. The topological polar surface area (TPSA) is 75.4 Å². The van der Waals surface area contributed by atoms with E-state index in [4.69, 9.17) is 28.9 Å². The van der Waals surface area contributed by atoms with Crippen LogP contribution in [0.4, 0.5) is 0 Å². The van der Waals surface area contributed by atoms with E-state index in [2.05, 4.69) is 5.32 Å². The first kappa shape index (κ1) is 17.5. The molecule has 1 aliphatic carbocycles. The number of rotatable bonds is 4. The molecule has 0 radical (unpaired) electrons. The number of nitrogens with two attached hydrogens (primary N) is 1. The van der Waals surface area contributed by atoms with Crippen LogP contribution in [0.15, 0.2) is 18.2 Å². The molecule has 6 heteroatoms. The van der Waals surface area contributed by atoms with Crippen LogP contribution in [0.5, 0.6) is 0 Å². The van der Waals surface area contributed by atoms with Gasteiger partial charge in [-0.3, -0.25) is 4.79 Å². The van der Waals surface area contributed by atoms with Gasteiger partial charge in [0.1, 0.15) is 0 Å². The van der Waals surface area contributed by atoms with Crippen molar-refractivity contribution in [2.24, 2.45) is 11.7 Å². The smallest absolute Gasteiger partial charge is 0.225 e. The van der Waals surface area contributed by atoms with E-state index in [1.807, 2.05) is 6.92 Å². The van der Waals surface area contributed by atoms with Crippen molar-refractivity contribution in [2.45, 2.75) is 44.2 Å². The first-order chi connectivity index (χ1) is 10.3. The highest BCUT2D eigenvalue weighted by Gasteiger charge is 2.37. The van der Waals surface area contributed by atoms with Crippen molar-refractivity contribution in [2.75, 3.05) is 6.54 Å². The number of carbonyl (C=O) groups is 1. The highest BCUT2D eigenvalue weighted by atomic mass is 35.5. The van der Waals surface area contributed by atoms with Crippen LogP contribution in [0, 0.1) is 5.92 Å². The van der Waals surface area contributed by atoms with Crippen LogP contribution in [0.3, 0.4) is 0 Å². The van der Waals surface area contributed by atoms with E-state index in [1.54, 1.807) is 18.2 Å². The largest absolute Gasteiger partial charge is 0.386 e. The predicted molar refractivity (Wildman–Crippen MR) is 89.0 cm³/mol. The van der Waals surface area contributed by atoms with Crippen LogP contribution in [-0.4, -0.2) is 23.1 Å². The fraction of sp³-hybridized carbons (Fsp3) is 0.562. The Morgan fingerprint density at radius 2 is 2.09 bits per heavy atom. The Morgan fingerprint density at radius 1 is 1.45 bits per heavy atom. The average Bonchev–Trinajstić information content (AvgIpc) is 2.44. The Kier molecular flexibility index (Phi) is 5.72. The standard InChI is InChI=1S/C16H22Cl2N2O2/c1-16(19)8-3-2-5-10(16)15(22)20-9-13(21)14-11(17)6-4-7-12(14)18/h4,6-7,10,13,21H,2-3,5,8-9,19H2,1H3,(H,20,22). The first-order valence-electron chi connectivity index (χ1n) is 7.51. The predicted octanol–water partition coefficient (Wildman–Crippen LogP) is 3.05. The molecule has 0 spiro atoms. The summed E-state index contributed by atoms with van der Waals surface area (Å²) in [7, 11) is 0. The first-order valence-corrected chi connectivity index (χ1v) is 8.27.